The first-order chi connectivity index (χ1) is 17.9. The van der Waals surface area contributed by atoms with Crippen molar-refractivity contribution in [1.82, 2.24) is 0 Å². The molecule has 37 heavy (non-hydrogen) atoms. The first-order valence-electron chi connectivity index (χ1n) is 11.8. The van der Waals surface area contributed by atoms with Gasteiger partial charge in [0.15, 0.2) is 0 Å². The Morgan fingerprint density at radius 3 is 1.84 bits per heavy atom. The lowest BCUT2D eigenvalue weighted by molar-refractivity contribution is 0.436. The average molecular weight is 491 g/mol. The molecule has 0 aliphatic rings. The Bertz CT molecular complexity index is 1900. The van der Waals surface area contributed by atoms with Crippen LogP contribution in [0.3, 0.4) is 0 Å². The Morgan fingerprint density at radius 1 is 0.568 bits per heavy atom. The van der Waals surface area contributed by atoms with Crippen molar-refractivity contribution in [1.29, 1.82) is 0 Å². The van der Waals surface area contributed by atoms with E-state index < -0.39 is 11.2 Å². The SMILES string of the molecule is O=c1c2ccc3ccccc3c2oc2c(Cc3ccccc3O)c(O)c(Cc3ccccc3O)c(O)c12. The predicted molar refractivity (Wildman–Crippen MR) is 143 cm³/mol. The van der Waals surface area contributed by atoms with Gasteiger partial charge in [0.1, 0.15) is 39.6 Å². The minimum Gasteiger partial charge on any atom is -0.508 e. The Hall–Kier alpha value is -4.97. The van der Waals surface area contributed by atoms with Crippen molar-refractivity contribution in [3.05, 3.63) is 117 Å². The van der Waals surface area contributed by atoms with E-state index in [0.717, 1.165) is 10.8 Å². The van der Waals surface area contributed by atoms with Crippen LogP contribution < -0.4 is 5.43 Å². The quantitative estimate of drug-likeness (QED) is 0.175. The summed E-state index contributed by atoms with van der Waals surface area (Å²) in [5.74, 6) is -0.639. The second-order valence-electron chi connectivity index (χ2n) is 9.06. The standard InChI is InChI=1S/C31H22O6/c32-24-11-5-2-8-18(24)15-22-27(34)23(16-19-9-3-6-12-25(19)33)31-26(29(22)36)28(35)21-14-13-17-7-1-4-10-20(17)30(21)37-31/h1-14,32-34,36H,15-16H2. The minimum atomic E-state index is -0.434. The highest BCUT2D eigenvalue weighted by Crippen LogP contribution is 2.43. The largest absolute Gasteiger partial charge is 0.508 e. The van der Waals surface area contributed by atoms with Gasteiger partial charge in [-0.15, -0.1) is 0 Å². The summed E-state index contributed by atoms with van der Waals surface area (Å²) in [5, 5.41) is 45.4. The number of aromatic hydroxyl groups is 4. The Kier molecular flexibility index (Phi) is 5.23. The van der Waals surface area contributed by atoms with Crippen LogP contribution in [0.1, 0.15) is 22.3 Å². The predicted octanol–water partition coefficient (Wildman–Crippen LogP) is 6.10. The molecule has 1 heterocycles. The monoisotopic (exact) mass is 490 g/mol. The Labute approximate surface area is 210 Å². The zero-order valence-electron chi connectivity index (χ0n) is 19.6. The van der Waals surface area contributed by atoms with Crippen molar-refractivity contribution in [2.24, 2.45) is 0 Å². The van der Waals surface area contributed by atoms with Crippen molar-refractivity contribution in [2.45, 2.75) is 12.8 Å². The van der Waals surface area contributed by atoms with Gasteiger partial charge in [0.25, 0.3) is 0 Å². The first-order valence-corrected chi connectivity index (χ1v) is 11.8. The molecule has 0 fully saturated rings. The molecule has 0 aliphatic carbocycles. The number of hydrogen-bond acceptors (Lipinski definition) is 6. The van der Waals surface area contributed by atoms with Crippen LogP contribution in [0.25, 0.3) is 32.7 Å². The molecular weight excluding hydrogens is 468 g/mol. The number of rotatable bonds is 4. The third-order valence-corrected chi connectivity index (χ3v) is 6.87. The van der Waals surface area contributed by atoms with Crippen LogP contribution in [-0.4, -0.2) is 20.4 Å². The van der Waals surface area contributed by atoms with Gasteiger partial charge >= 0.3 is 0 Å². The van der Waals surface area contributed by atoms with Crippen molar-refractivity contribution in [3.63, 3.8) is 0 Å². The van der Waals surface area contributed by atoms with Gasteiger partial charge in [0, 0.05) is 29.4 Å². The molecule has 6 rings (SSSR count). The highest BCUT2D eigenvalue weighted by molar-refractivity contribution is 6.08. The first kappa shape index (κ1) is 22.5. The van der Waals surface area contributed by atoms with E-state index in [9.17, 15) is 25.2 Å². The fourth-order valence-corrected chi connectivity index (χ4v) is 4.94. The lowest BCUT2D eigenvalue weighted by atomic mass is 9.92. The summed E-state index contributed by atoms with van der Waals surface area (Å²) >= 11 is 0. The molecule has 4 N–H and O–H groups in total. The van der Waals surface area contributed by atoms with E-state index in [-0.39, 0.29) is 52.2 Å². The highest BCUT2D eigenvalue weighted by atomic mass is 16.3. The van der Waals surface area contributed by atoms with E-state index in [1.807, 2.05) is 30.3 Å². The van der Waals surface area contributed by atoms with E-state index in [1.165, 1.54) is 12.1 Å². The van der Waals surface area contributed by atoms with E-state index in [2.05, 4.69) is 0 Å². The molecule has 0 bridgehead atoms. The van der Waals surface area contributed by atoms with E-state index in [0.29, 0.717) is 22.1 Å². The fourth-order valence-electron chi connectivity index (χ4n) is 4.94. The topological polar surface area (TPSA) is 111 Å². The zero-order chi connectivity index (χ0) is 25.7. The third kappa shape index (κ3) is 3.62. The summed E-state index contributed by atoms with van der Waals surface area (Å²) < 4.78 is 6.32. The maximum absolute atomic E-state index is 13.8. The molecular formula is C31H22O6. The molecule has 5 aromatic carbocycles. The number of benzene rings is 5. The fraction of sp³-hybridized carbons (Fsp3) is 0.0645. The Morgan fingerprint density at radius 2 is 1.16 bits per heavy atom. The third-order valence-electron chi connectivity index (χ3n) is 6.87. The zero-order valence-corrected chi connectivity index (χ0v) is 19.6. The van der Waals surface area contributed by atoms with Gasteiger partial charge in [-0.05, 0) is 34.7 Å². The van der Waals surface area contributed by atoms with Gasteiger partial charge in [0.2, 0.25) is 5.43 Å². The molecule has 0 saturated heterocycles. The number of phenols is 4. The average Bonchev–Trinajstić information content (AvgIpc) is 2.90. The molecule has 0 spiro atoms. The molecule has 0 aliphatic heterocycles. The van der Waals surface area contributed by atoms with Gasteiger partial charge in [-0.2, -0.15) is 0 Å². The summed E-state index contributed by atoms with van der Waals surface area (Å²) in [6, 6.07) is 24.3. The molecule has 6 nitrogen and oxygen atoms in total. The van der Waals surface area contributed by atoms with Crippen molar-refractivity contribution in [3.8, 4) is 23.0 Å². The molecule has 0 saturated carbocycles. The number of phenolic OH excluding ortho intramolecular Hbond substituents is 4. The second kappa shape index (κ2) is 8.60. The molecule has 6 heteroatoms. The maximum atomic E-state index is 13.8. The lowest BCUT2D eigenvalue weighted by Gasteiger charge is -2.17. The molecule has 0 amide bonds. The van der Waals surface area contributed by atoms with Gasteiger partial charge in [0.05, 0.1) is 5.39 Å². The van der Waals surface area contributed by atoms with Crippen LogP contribution in [0.4, 0.5) is 0 Å². The number of hydrogen-bond donors (Lipinski definition) is 4. The second-order valence-corrected chi connectivity index (χ2v) is 9.06. The smallest absolute Gasteiger partial charge is 0.204 e. The lowest BCUT2D eigenvalue weighted by Crippen LogP contribution is -2.07. The highest BCUT2D eigenvalue weighted by Gasteiger charge is 2.26. The molecule has 0 atom stereocenters. The van der Waals surface area contributed by atoms with E-state index >= 15 is 0 Å². The van der Waals surface area contributed by atoms with Gasteiger partial charge in [-0.3, -0.25) is 4.79 Å². The van der Waals surface area contributed by atoms with Crippen LogP contribution in [0.2, 0.25) is 0 Å². The number of fused-ring (bicyclic) bond motifs is 4. The van der Waals surface area contributed by atoms with Crippen molar-refractivity contribution >= 4 is 32.7 Å². The summed E-state index contributed by atoms with van der Waals surface area (Å²) in [6.07, 6.45) is 0.0194. The molecule has 6 aromatic rings. The minimum absolute atomic E-state index is 0.000617. The Balaban J connectivity index is 1.72. The van der Waals surface area contributed by atoms with Crippen LogP contribution in [0, 0.1) is 0 Å². The maximum Gasteiger partial charge on any atom is 0.204 e. The normalized spacial score (nSPS) is 11.5. The van der Waals surface area contributed by atoms with Crippen molar-refractivity contribution in [2.75, 3.05) is 0 Å². The van der Waals surface area contributed by atoms with Gasteiger partial charge < -0.3 is 24.8 Å². The molecule has 182 valence electrons. The number of para-hydroxylation sites is 2. The van der Waals surface area contributed by atoms with Gasteiger partial charge in [-0.1, -0.05) is 66.7 Å². The van der Waals surface area contributed by atoms with Crippen LogP contribution in [-0.2, 0) is 12.8 Å². The van der Waals surface area contributed by atoms with E-state index in [4.69, 9.17) is 4.42 Å². The van der Waals surface area contributed by atoms with Gasteiger partial charge in [-0.25, -0.2) is 0 Å². The summed E-state index contributed by atoms with van der Waals surface area (Å²) in [7, 11) is 0. The summed E-state index contributed by atoms with van der Waals surface area (Å²) in [5.41, 5.74) is 1.29. The van der Waals surface area contributed by atoms with Crippen molar-refractivity contribution < 1.29 is 24.8 Å². The van der Waals surface area contributed by atoms with E-state index in [1.54, 1.807) is 42.5 Å². The molecule has 1 aromatic heterocycles. The van der Waals surface area contributed by atoms with Crippen LogP contribution >= 0.6 is 0 Å². The van der Waals surface area contributed by atoms with Crippen LogP contribution in [0.15, 0.2) is 94.1 Å². The molecule has 0 radical (unpaired) electrons. The molecule has 0 unspecified atom stereocenters. The summed E-state index contributed by atoms with van der Waals surface area (Å²) in [4.78, 5) is 13.8. The summed E-state index contributed by atoms with van der Waals surface area (Å²) in [6.45, 7) is 0. The van der Waals surface area contributed by atoms with Crippen LogP contribution in [0.5, 0.6) is 23.0 Å².